The van der Waals surface area contributed by atoms with Gasteiger partial charge in [-0.05, 0) is 18.6 Å². The van der Waals surface area contributed by atoms with E-state index in [9.17, 15) is 25.0 Å². The molecule has 0 radical (unpaired) electrons. The smallest absolute Gasteiger partial charge is 0.433 e. The number of benzene rings is 1. The van der Waals surface area contributed by atoms with Gasteiger partial charge in [-0.25, -0.2) is 0 Å². The Kier molecular flexibility index (Phi) is 5.73. The van der Waals surface area contributed by atoms with Crippen LogP contribution in [0.3, 0.4) is 0 Å². The van der Waals surface area contributed by atoms with E-state index in [4.69, 9.17) is 13.9 Å². The van der Waals surface area contributed by atoms with Crippen LogP contribution >= 0.6 is 0 Å². The molecule has 0 saturated heterocycles. The number of hydrogen-bond acceptors (Lipinski definition) is 8. The zero-order valence-corrected chi connectivity index (χ0v) is 13.9. The molecule has 2 rings (SSSR count). The van der Waals surface area contributed by atoms with Gasteiger partial charge in [0.1, 0.15) is 4.92 Å². The maximum atomic E-state index is 11.9. The Morgan fingerprint density at radius 3 is 2.31 bits per heavy atom. The van der Waals surface area contributed by atoms with Crippen LogP contribution in [0.15, 0.2) is 28.7 Å². The first-order valence-electron chi connectivity index (χ1n) is 7.29. The van der Waals surface area contributed by atoms with E-state index in [1.807, 2.05) is 0 Å². The molecule has 0 spiro atoms. The third kappa shape index (κ3) is 4.06. The first kappa shape index (κ1) is 18.7. The Hall–Kier alpha value is -3.63. The number of rotatable bonds is 8. The van der Waals surface area contributed by atoms with Gasteiger partial charge in [0.25, 0.3) is 11.6 Å². The van der Waals surface area contributed by atoms with Crippen molar-refractivity contribution in [2.24, 2.45) is 0 Å². The molecule has 0 bridgehead atoms. The van der Waals surface area contributed by atoms with Crippen LogP contribution in [0.5, 0.6) is 11.5 Å². The molecule has 1 aromatic heterocycles. The molecule has 0 aliphatic carbocycles. The molecule has 11 heteroatoms. The van der Waals surface area contributed by atoms with E-state index in [-0.39, 0.29) is 30.2 Å². The SMILES string of the molecule is COc1cc(CCNC(=O)c2ccc([N+](=O)[O-])o2)c([N+](=O)[O-])cc1OC. The summed E-state index contributed by atoms with van der Waals surface area (Å²) in [4.78, 5) is 32.3. The number of furan rings is 1. The van der Waals surface area contributed by atoms with Crippen LogP contribution in [-0.2, 0) is 6.42 Å². The number of methoxy groups -OCH3 is 2. The number of nitro benzene ring substituents is 1. The van der Waals surface area contributed by atoms with Crippen molar-refractivity contribution in [1.29, 1.82) is 0 Å². The van der Waals surface area contributed by atoms with Crippen molar-refractivity contribution in [3.8, 4) is 11.5 Å². The summed E-state index contributed by atoms with van der Waals surface area (Å²) >= 11 is 0. The summed E-state index contributed by atoms with van der Waals surface area (Å²) in [6, 6.07) is 4.94. The molecule has 138 valence electrons. The van der Waals surface area contributed by atoms with Crippen LogP contribution in [-0.4, -0.2) is 36.5 Å². The first-order valence-corrected chi connectivity index (χ1v) is 7.29. The molecule has 0 atom stereocenters. The fourth-order valence-electron chi connectivity index (χ4n) is 2.23. The summed E-state index contributed by atoms with van der Waals surface area (Å²) in [5.74, 6) is -0.901. The van der Waals surface area contributed by atoms with E-state index >= 15 is 0 Å². The van der Waals surface area contributed by atoms with Gasteiger partial charge in [0.2, 0.25) is 0 Å². The second kappa shape index (κ2) is 7.96. The summed E-state index contributed by atoms with van der Waals surface area (Å²) in [7, 11) is 2.77. The van der Waals surface area contributed by atoms with Crippen molar-refractivity contribution in [3.63, 3.8) is 0 Å². The molecule has 1 heterocycles. The Labute approximate surface area is 146 Å². The topological polar surface area (TPSA) is 147 Å². The van der Waals surface area contributed by atoms with Crippen LogP contribution in [0, 0.1) is 20.2 Å². The van der Waals surface area contributed by atoms with Gasteiger partial charge in [0, 0.05) is 12.1 Å². The number of nitro groups is 2. The van der Waals surface area contributed by atoms with Crippen molar-refractivity contribution in [2.75, 3.05) is 20.8 Å². The summed E-state index contributed by atoms with van der Waals surface area (Å²) in [5, 5.41) is 24.2. The molecule has 0 saturated carbocycles. The van der Waals surface area contributed by atoms with E-state index in [0.717, 1.165) is 6.07 Å². The van der Waals surface area contributed by atoms with Crippen LogP contribution in [0.2, 0.25) is 0 Å². The molecule has 0 aliphatic rings. The normalized spacial score (nSPS) is 10.2. The van der Waals surface area contributed by atoms with Crippen LogP contribution in [0.1, 0.15) is 16.1 Å². The standard InChI is InChI=1S/C15H15N3O8/c1-24-12-7-9(10(17(20)21)8-13(12)25-2)5-6-16-15(19)11-3-4-14(26-11)18(22)23/h3-4,7-8H,5-6H2,1-2H3,(H,16,19). The van der Waals surface area contributed by atoms with Gasteiger partial charge in [-0.15, -0.1) is 0 Å². The highest BCUT2D eigenvalue weighted by Gasteiger charge is 2.20. The van der Waals surface area contributed by atoms with Crippen LogP contribution in [0.25, 0.3) is 0 Å². The highest BCUT2D eigenvalue weighted by atomic mass is 16.6. The Balaban J connectivity index is 2.09. The number of carbonyl (C=O) groups excluding carboxylic acids is 1. The third-order valence-electron chi connectivity index (χ3n) is 3.46. The van der Waals surface area contributed by atoms with Gasteiger partial charge in [-0.1, -0.05) is 0 Å². The average molecular weight is 365 g/mol. The zero-order chi connectivity index (χ0) is 19.3. The predicted octanol–water partition coefficient (Wildman–Crippen LogP) is 2.09. The summed E-state index contributed by atoms with van der Waals surface area (Å²) in [6.45, 7) is 0.0453. The molecule has 1 aromatic carbocycles. The van der Waals surface area contributed by atoms with E-state index in [0.29, 0.717) is 11.3 Å². The molecule has 2 aromatic rings. The minimum Gasteiger partial charge on any atom is -0.493 e. The largest absolute Gasteiger partial charge is 0.493 e. The molecule has 1 amide bonds. The van der Waals surface area contributed by atoms with Crippen molar-refractivity contribution >= 4 is 17.5 Å². The van der Waals surface area contributed by atoms with Crippen molar-refractivity contribution in [1.82, 2.24) is 5.32 Å². The van der Waals surface area contributed by atoms with Gasteiger partial charge < -0.3 is 19.2 Å². The monoisotopic (exact) mass is 365 g/mol. The second-order valence-electron chi connectivity index (χ2n) is 4.99. The number of nitrogens with zero attached hydrogens (tertiary/aromatic N) is 2. The highest BCUT2D eigenvalue weighted by molar-refractivity contribution is 5.91. The van der Waals surface area contributed by atoms with Gasteiger partial charge >= 0.3 is 5.88 Å². The number of nitrogens with one attached hydrogen (secondary N) is 1. The third-order valence-corrected chi connectivity index (χ3v) is 3.46. The number of carbonyl (C=O) groups is 1. The molecule has 26 heavy (non-hydrogen) atoms. The summed E-state index contributed by atoms with van der Waals surface area (Å²) < 4.78 is 14.9. The second-order valence-corrected chi connectivity index (χ2v) is 4.99. The van der Waals surface area contributed by atoms with E-state index in [1.165, 1.54) is 32.4 Å². The van der Waals surface area contributed by atoms with Gasteiger partial charge in [-0.3, -0.25) is 25.0 Å². The lowest BCUT2D eigenvalue weighted by Gasteiger charge is -2.10. The fraction of sp³-hybridized carbons (Fsp3) is 0.267. The van der Waals surface area contributed by atoms with Crippen LogP contribution in [0.4, 0.5) is 11.6 Å². The lowest BCUT2D eigenvalue weighted by atomic mass is 10.1. The maximum Gasteiger partial charge on any atom is 0.433 e. The molecule has 0 aliphatic heterocycles. The van der Waals surface area contributed by atoms with Crippen molar-refractivity contribution in [2.45, 2.75) is 6.42 Å². The number of amides is 1. The van der Waals surface area contributed by atoms with Crippen molar-refractivity contribution in [3.05, 3.63) is 55.8 Å². The van der Waals surface area contributed by atoms with E-state index in [1.54, 1.807) is 0 Å². The number of ether oxygens (including phenoxy) is 2. The molecule has 0 unspecified atom stereocenters. The first-order chi connectivity index (χ1) is 12.4. The fourth-order valence-corrected chi connectivity index (χ4v) is 2.23. The van der Waals surface area contributed by atoms with E-state index < -0.39 is 21.6 Å². The minimum atomic E-state index is -0.760. The molecular formula is C15H15N3O8. The minimum absolute atomic E-state index is 0.0453. The lowest BCUT2D eigenvalue weighted by molar-refractivity contribution is -0.402. The van der Waals surface area contributed by atoms with Gasteiger partial charge in [0.15, 0.2) is 17.3 Å². The van der Waals surface area contributed by atoms with Crippen molar-refractivity contribution < 1.29 is 28.5 Å². The quantitative estimate of drug-likeness (QED) is 0.552. The van der Waals surface area contributed by atoms with Gasteiger partial charge in [0.05, 0.1) is 31.3 Å². The maximum absolute atomic E-state index is 11.9. The van der Waals surface area contributed by atoms with E-state index in [2.05, 4.69) is 5.32 Å². The Bertz CT molecular complexity index is 845. The molecule has 11 nitrogen and oxygen atoms in total. The zero-order valence-electron chi connectivity index (χ0n) is 13.9. The summed E-state index contributed by atoms with van der Waals surface area (Å²) in [5.41, 5.74) is 0.156. The van der Waals surface area contributed by atoms with Crippen LogP contribution < -0.4 is 14.8 Å². The Morgan fingerprint density at radius 1 is 1.12 bits per heavy atom. The molecule has 1 N–H and O–H groups in total. The average Bonchev–Trinajstić information content (AvgIpc) is 3.11. The lowest BCUT2D eigenvalue weighted by Crippen LogP contribution is -2.25. The molecule has 0 fully saturated rings. The molecular weight excluding hydrogens is 350 g/mol. The Morgan fingerprint density at radius 2 is 1.77 bits per heavy atom. The van der Waals surface area contributed by atoms with Gasteiger partial charge in [-0.2, -0.15) is 0 Å². The number of hydrogen-bond donors (Lipinski definition) is 1. The highest BCUT2D eigenvalue weighted by Crippen LogP contribution is 2.34. The summed E-state index contributed by atoms with van der Waals surface area (Å²) in [6.07, 6.45) is 0.130. The predicted molar refractivity (Wildman–Crippen MR) is 87.6 cm³/mol.